The summed E-state index contributed by atoms with van der Waals surface area (Å²) in [6.45, 7) is 4.14. The van der Waals surface area contributed by atoms with Crippen LogP contribution in [0.25, 0.3) is 0 Å². The first-order chi connectivity index (χ1) is 9.83. The van der Waals surface area contributed by atoms with Crippen LogP contribution in [-0.2, 0) is 0 Å². The van der Waals surface area contributed by atoms with Gasteiger partial charge in [-0.3, -0.25) is 0 Å². The largest absolute Gasteiger partial charge is 0.494 e. The number of amides is 2. The third kappa shape index (κ3) is 5.99. The summed E-state index contributed by atoms with van der Waals surface area (Å²) in [5, 5.41) is 15.3. The minimum Gasteiger partial charge on any atom is -0.494 e. The number of anilines is 1. The summed E-state index contributed by atoms with van der Waals surface area (Å²) in [6, 6.07) is 2.76. The quantitative estimate of drug-likeness (QED) is 0.745. The monoisotopic (exact) mass is 334 g/mol. The first-order valence-electron chi connectivity index (χ1n) is 6.59. The van der Waals surface area contributed by atoms with E-state index in [2.05, 4.69) is 10.6 Å². The fourth-order valence-electron chi connectivity index (χ4n) is 1.93. The van der Waals surface area contributed by atoms with E-state index >= 15 is 0 Å². The predicted octanol–water partition coefficient (Wildman–Crippen LogP) is 3.53. The van der Waals surface area contributed by atoms with E-state index in [1.165, 1.54) is 7.11 Å². The fraction of sp³-hybridized carbons (Fsp3) is 0.500. The average molecular weight is 335 g/mol. The standard InChI is InChI=1S/C14H20Cl2N2O3/c1-8(4-9(2)19)7-17-14(20)18-10-5-11(15)13(21-3)12(16)6-10/h5-6,8-9,19H,4,7H2,1-3H3,(H2,17,18,20)/t8-,9-/m1/s1. The Bertz CT molecular complexity index is 472. The number of urea groups is 1. The zero-order valence-electron chi connectivity index (χ0n) is 12.2. The topological polar surface area (TPSA) is 70.6 Å². The van der Waals surface area contributed by atoms with Gasteiger partial charge in [0, 0.05) is 12.2 Å². The number of aliphatic hydroxyl groups excluding tert-OH is 1. The third-order valence-corrected chi connectivity index (χ3v) is 3.38. The van der Waals surface area contributed by atoms with Crippen molar-refractivity contribution < 1.29 is 14.6 Å². The van der Waals surface area contributed by atoms with Gasteiger partial charge in [-0.05, 0) is 31.4 Å². The van der Waals surface area contributed by atoms with Gasteiger partial charge in [0.25, 0.3) is 0 Å². The molecule has 0 saturated carbocycles. The molecule has 0 bridgehead atoms. The van der Waals surface area contributed by atoms with Gasteiger partial charge in [0.15, 0.2) is 5.75 Å². The lowest BCUT2D eigenvalue weighted by atomic mass is 10.1. The molecule has 0 heterocycles. The summed E-state index contributed by atoms with van der Waals surface area (Å²) in [5.74, 6) is 0.550. The van der Waals surface area contributed by atoms with E-state index in [0.717, 1.165) is 0 Å². The van der Waals surface area contributed by atoms with Gasteiger partial charge in [-0.2, -0.15) is 0 Å². The smallest absolute Gasteiger partial charge is 0.319 e. The minimum absolute atomic E-state index is 0.179. The van der Waals surface area contributed by atoms with Gasteiger partial charge in [-0.15, -0.1) is 0 Å². The van der Waals surface area contributed by atoms with Crippen LogP contribution in [0.4, 0.5) is 10.5 Å². The molecule has 0 radical (unpaired) electrons. The van der Waals surface area contributed by atoms with Gasteiger partial charge in [0.05, 0.1) is 23.3 Å². The molecule has 0 spiro atoms. The highest BCUT2D eigenvalue weighted by molar-refractivity contribution is 6.37. The number of ether oxygens (including phenoxy) is 1. The molecule has 0 aromatic heterocycles. The maximum atomic E-state index is 11.8. The highest BCUT2D eigenvalue weighted by Gasteiger charge is 2.11. The van der Waals surface area contributed by atoms with Gasteiger partial charge in [-0.25, -0.2) is 4.79 Å². The van der Waals surface area contributed by atoms with E-state index in [1.54, 1.807) is 19.1 Å². The molecular formula is C14H20Cl2N2O3. The number of nitrogens with one attached hydrogen (secondary N) is 2. The van der Waals surface area contributed by atoms with Gasteiger partial charge in [0.1, 0.15) is 0 Å². The second kappa shape index (κ2) is 8.32. The van der Waals surface area contributed by atoms with Crippen LogP contribution in [0.15, 0.2) is 12.1 Å². The Morgan fingerprint density at radius 2 is 1.90 bits per heavy atom. The molecule has 1 aromatic carbocycles. The number of carbonyl (C=O) groups is 1. The molecule has 118 valence electrons. The van der Waals surface area contributed by atoms with Crippen molar-refractivity contribution in [2.75, 3.05) is 19.0 Å². The molecule has 1 rings (SSSR count). The van der Waals surface area contributed by atoms with Gasteiger partial charge in [0.2, 0.25) is 0 Å². The van der Waals surface area contributed by atoms with Crippen LogP contribution < -0.4 is 15.4 Å². The van der Waals surface area contributed by atoms with Gasteiger partial charge in [-0.1, -0.05) is 30.1 Å². The second-order valence-electron chi connectivity index (χ2n) is 5.00. The minimum atomic E-state index is -0.385. The molecule has 21 heavy (non-hydrogen) atoms. The molecule has 1 aromatic rings. The van der Waals surface area contributed by atoms with Crippen LogP contribution in [0.2, 0.25) is 10.0 Å². The number of rotatable bonds is 6. The highest BCUT2D eigenvalue weighted by atomic mass is 35.5. The van der Waals surface area contributed by atoms with Crippen molar-refractivity contribution in [2.45, 2.75) is 26.4 Å². The highest BCUT2D eigenvalue weighted by Crippen LogP contribution is 2.35. The van der Waals surface area contributed by atoms with Crippen LogP contribution in [0.1, 0.15) is 20.3 Å². The number of hydrogen-bond donors (Lipinski definition) is 3. The molecule has 0 saturated heterocycles. The Morgan fingerprint density at radius 1 is 1.33 bits per heavy atom. The maximum Gasteiger partial charge on any atom is 0.319 e. The normalized spacial score (nSPS) is 13.4. The number of hydrogen-bond acceptors (Lipinski definition) is 3. The molecule has 2 amide bonds. The van der Waals surface area contributed by atoms with E-state index in [0.29, 0.717) is 34.4 Å². The first-order valence-corrected chi connectivity index (χ1v) is 7.35. The van der Waals surface area contributed by atoms with E-state index < -0.39 is 0 Å². The number of methoxy groups -OCH3 is 1. The van der Waals surface area contributed by atoms with Crippen molar-refractivity contribution in [3.8, 4) is 5.75 Å². The zero-order chi connectivity index (χ0) is 16.0. The van der Waals surface area contributed by atoms with Crippen molar-refractivity contribution in [1.82, 2.24) is 5.32 Å². The van der Waals surface area contributed by atoms with Crippen molar-refractivity contribution in [3.05, 3.63) is 22.2 Å². The van der Waals surface area contributed by atoms with E-state index in [4.69, 9.17) is 27.9 Å². The fourth-order valence-corrected chi connectivity index (χ4v) is 2.58. The Labute approximate surface area is 134 Å². The van der Waals surface area contributed by atoms with Crippen LogP contribution in [0.3, 0.4) is 0 Å². The van der Waals surface area contributed by atoms with Gasteiger partial charge < -0.3 is 20.5 Å². The van der Waals surface area contributed by atoms with Crippen molar-refractivity contribution in [2.24, 2.45) is 5.92 Å². The summed E-state index contributed by atoms with van der Waals surface area (Å²) < 4.78 is 5.04. The second-order valence-corrected chi connectivity index (χ2v) is 5.81. The predicted molar refractivity (Wildman–Crippen MR) is 85.5 cm³/mol. The molecule has 0 aliphatic rings. The number of benzene rings is 1. The SMILES string of the molecule is COc1c(Cl)cc(NC(=O)NC[C@H](C)C[C@@H](C)O)cc1Cl. The molecule has 0 aliphatic carbocycles. The molecule has 0 unspecified atom stereocenters. The molecule has 7 heteroatoms. The lowest BCUT2D eigenvalue weighted by Gasteiger charge is -2.15. The molecule has 2 atom stereocenters. The molecular weight excluding hydrogens is 315 g/mol. The van der Waals surface area contributed by atoms with Crippen molar-refractivity contribution in [1.29, 1.82) is 0 Å². The van der Waals surface area contributed by atoms with Crippen molar-refractivity contribution >= 4 is 34.9 Å². The summed E-state index contributed by atoms with van der Waals surface area (Å²) in [7, 11) is 1.47. The maximum absolute atomic E-state index is 11.8. The number of carbonyl (C=O) groups excluding carboxylic acids is 1. The third-order valence-electron chi connectivity index (χ3n) is 2.81. The van der Waals surface area contributed by atoms with Crippen LogP contribution in [-0.4, -0.2) is 30.9 Å². The van der Waals surface area contributed by atoms with Crippen molar-refractivity contribution in [3.63, 3.8) is 0 Å². The molecule has 3 N–H and O–H groups in total. The number of halogens is 2. The summed E-state index contributed by atoms with van der Waals surface area (Å²) in [6.07, 6.45) is 0.240. The molecule has 0 fully saturated rings. The van der Waals surface area contributed by atoms with E-state index in [1.807, 2.05) is 6.92 Å². The Morgan fingerprint density at radius 3 is 2.38 bits per heavy atom. The lowest BCUT2D eigenvalue weighted by molar-refractivity contribution is 0.163. The first kappa shape index (κ1) is 17.9. The number of aliphatic hydroxyl groups is 1. The van der Waals surface area contributed by atoms with Crippen LogP contribution >= 0.6 is 23.2 Å². The summed E-state index contributed by atoms with van der Waals surface area (Å²) in [5.41, 5.74) is 0.478. The lowest BCUT2D eigenvalue weighted by Crippen LogP contribution is -2.33. The summed E-state index contributed by atoms with van der Waals surface area (Å²) >= 11 is 12.0. The summed E-state index contributed by atoms with van der Waals surface area (Å²) in [4.78, 5) is 11.8. The Hall–Kier alpha value is -1.17. The average Bonchev–Trinajstić information content (AvgIpc) is 2.35. The van der Waals surface area contributed by atoms with Crippen LogP contribution in [0, 0.1) is 5.92 Å². The van der Waals surface area contributed by atoms with Gasteiger partial charge >= 0.3 is 6.03 Å². The molecule has 0 aliphatic heterocycles. The Kier molecular flexibility index (Phi) is 7.08. The zero-order valence-corrected chi connectivity index (χ0v) is 13.8. The van der Waals surface area contributed by atoms with Crippen LogP contribution in [0.5, 0.6) is 5.75 Å². The molecule has 5 nitrogen and oxygen atoms in total. The van der Waals surface area contributed by atoms with E-state index in [9.17, 15) is 9.90 Å². The van der Waals surface area contributed by atoms with E-state index in [-0.39, 0.29) is 18.1 Å². The Balaban J connectivity index is 2.55.